The van der Waals surface area contributed by atoms with E-state index in [0.717, 1.165) is 5.56 Å². The van der Waals surface area contributed by atoms with Gasteiger partial charge in [-0.2, -0.15) is 0 Å². The van der Waals surface area contributed by atoms with E-state index in [-0.39, 0.29) is 33.9 Å². The Kier molecular flexibility index (Phi) is 5.92. The Morgan fingerprint density at radius 1 is 1.19 bits per heavy atom. The lowest BCUT2D eigenvalue weighted by molar-refractivity contribution is -0.144. The summed E-state index contributed by atoms with van der Waals surface area (Å²) in [5.41, 5.74) is 5.85. The topological polar surface area (TPSA) is 99.9 Å². The molecule has 1 aliphatic carbocycles. The fourth-order valence-corrected chi connectivity index (χ4v) is 5.37. The quantitative estimate of drug-likeness (QED) is 0.663. The van der Waals surface area contributed by atoms with E-state index >= 15 is 0 Å². The van der Waals surface area contributed by atoms with Crippen molar-refractivity contribution >= 4 is 23.2 Å². The molecule has 32 heavy (non-hydrogen) atoms. The highest BCUT2D eigenvalue weighted by Gasteiger charge is 2.64. The van der Waals surface area contributed by atoms with Gasteiger partial charge < -0.3 is 25.3 Å². The van der Waals surface area contributed by atoms with Gasteiger partial charge in [0.25, 0.3) is 0 Å². The third kappa shape index (κ3) is 3.10. The molecule has 1 heterocycles. The Labute approximate surface area is 192 Å². The molecule has 0 aromatic heterocycles. The molecule has 8 heteroatoms. The zero-order valence-electron chi connectivity index (χ0n) is 18.5. The van der Waals surface area contributed by atoms with Crippen LogP contribution in [0.1, 0.15) is 35.3 Å². The first kappa shape index (κ1) is 22.6. The number of benzene rings is 2. The number of carbonyl (C=O) groups is 2. The number of methoxy groups -OCH3 is 2. The summed E-state index contributed by atoms with van der Waals surface area (Å²) in [6.07, 6.45) is 0.429. The molecule has 1 fully saturated rings. The normalized spacial score (nSPS) is 27.8. The molecular weight excluding hydrogens is 432 g/mol. The summed E-state index contributed by atoms with van der Waals surface area (Å²) in [7, 11) is 4.68. The molecule has 5 atom stereocenters. The van der Waals surface area contributed by atoms with Gasteiger partial charge in [0.05, 0.1) is 20.1 Å². The van der Waals surface area contributed by atoms with Crippen molar-refractivity contribution in [2.75, 3.05) is 21.3 Å². The van der Waals surface area contributed by atoms with Gasteiger partial charge in [-0.25, -0.2) is 0 Å². The van der Waals surface area contributed by atoms with Gasteiger partial charge in [0.2, 0.25) is 11.4 Å². The first-order chi connectivity index (χ1) is 15.3. The number of nitrogens with one attached hydrogen (secondary N) is 1. The van der Waals surface area contributed by atoms with E-state index in [9.17, 15) is 9.59 Å². The van der Waals surface area contributed by atoms with E-state index in [1.807, 2.05) is 37.3 Å². The minimum atomic E-state index is -1.73. The maximum Gasteiger partial charge on any atom is 0.232 e. The van der Waals surface area contributed by atoms with Crippen LogP contribution in [-0.4, -0.2) is 44.5 Å². The molecule has 0 bridgehead atoms. The standard InChI is InChI=1S/C24H27ClN2O5/c1-12-10-14(26)17(20(27-2)13-8-6-5-7-9-13)22(28)24(12)23(29)18-15(30-3)11-16(31-4)19(25)21(18)32-24/h5-9,11-12,14,17,20,27H,10,26H2,1-4H3/t12-,14?,17?,20?,24+/m1/s1. The van der Waals surface area contributed by atoms with Gasteiger partial charge in [-0.15, -0.1) is 0 Å². The lowest BCUT2D eigenvalue weighted by atomic mass is 9.63. The predicted molar refractivity (Wildman–Crippen MR) is 121 cm³/mol. The van der Waals surface area contributed by atoms with Gasteiger partial charge in [-0.05, 0) is 19.0 Å². The number of rotatable bonds is 5. The van der Waals surface area contributed by atoms with Gasteiger partial charge in [0.1, 0.15) is 22.1 Å². The van der Waals surface area contributed by atoms with E-state index in [2.05, 4.69) is 5.32 Å². The summed E-state index contributed by atoms with van der Waals surface area (Å²) in [4.78, 5) is 27.9. The zero-order chi connectivity index (χ0) is 23.2. The number of Topliss-reactive ketones (excluding diaryl/α,β-unsaturated/α-hetero) is 2. The van der Waals surface area contributed by atoms with Crippen LogP contribution < -0.4 is 25.3 Å². The molecule has 2 aliphatic rings. The fourth-order valence-electron chi connectivity index (χ4n) is 5.11. The Hall–Kier alpha value is -2.61. The summed E-state index contributed by atoms with van der Waals surface area (Å²) in [6.45, 7) is 1.81. The zero-order valence-corrected chi connectivity index (χ0v) is 19.2. The van der Waals surface area contributed by atoms with Crippen LogP contribution in [0.4, 0.5) is 0 Å². The highest BCUT2D eigenvalue weighted by atomic mass is 35.5. The van der Waals surface area contributed by atoms with Crippen molar-refractivity contribution in [3.8, 4) is 17.2 Å². The van der Waals surface area contributed by atoms with Crippen LogP contribution in [-0.2, 0) is 4.79 Å². The number of fused-ring (bicyclic) bond motifs is 1. The monoisotopic (exact) mass is 458 g/mol. The second kappa shape index (κ2) is 8.39. The van der Waals surface area contributed by atoms with E-state index < -0.39 is 29.3 Å². The number of ether oxygens (including phenoxy) is 3. The summed E-state index contributed by atoms with van der Waals surface area (Å²) < 4.78 is 17.0. The number of nitrogens with two attached hydrogens (primary N) is 1. The average molecular weight is 459 g/mol. The number of ketones is 2. The largest absolute Gasteiger partial charge is 0.496 e. The van der Waals surface area contributed by atoms with Crippen LogP contribution in [0.15, 0.2) is 36.4 Å². The Balaban J connectivity index is 1.84. The van der Waals surface area contributed by atoms with Gasteiger partial charge in [0.15, 0.2) is 11.5 Å². The Morgan fingerprint density at radius 3 is 2.44 bits per heavy atom. The molecule has 0 saturated heterocycles. The highest BCUT2D eigenvalue weighted by molar-refractivity contribution is 6.36. The van der Waals surface area contributed by atoms with Crippen LogP contribution in [0.25, 0.3) is 0 Å². The van der Waals surface area contributed by atoms with Crippen molar-refractivity contribution in [3.63, 3.8) is 0 Å². The van der Waals surface area contributed by atoms with Gasteiger partial charge >= 0.3 is 0 Å². The summed E-state index contributed by atoms with van der Waals surface area (Å²) in [6, 6.07) is 10.3. The van der Waals surface area contributed by atoms with Crippen LogP contribution in [0.5, 0.6) is 17.2 Å². The van der Waals surface area contributed by atoms with Crippen LogP contribution in [0.3, 0.4) is 0 Å². The van der Waals surface area contributed by atoms with Crippen molar-refractivity contribution < 1.29 is 23.8 Å². The van der Waals surface area contributed by atoms with Crippen molar-refractivity contribution in [3.05, 3.63) is 52.5 Å². The number of hydrogen-bond donors (Lipinski definition) is 2. The summed E-state index contributed by atoms with van der Waals surface area (Å²) >= 11 is 6.49. The lowest BCUT2D eigenvalue weighted by Gasteiger charge is -2.45. The first-order valence-corrected chi connectivity index (χ1v) is 10.9. The van der Waals surface area contributed by atoms with Gasteiger partial charge in [0, 0.05) is 24.1 Å². The molecule has 2 aromatic carbocycles. The van der Waals surface area contributed by atoms with E-state index in [0.29, 0.717) is 12.2 Å². The summed E-state index contributed by atoms with van der Waals surface area (Å²) in [5.74, 6) is -1.28. The number of hydrogen-bond acceptors (Lipinski definition) is 7. The van der Waals surface area contributed by atoms with Crippen LogP contribution >= 0.6 is 11.6 Å². The predicted octanol–water partition coefficient (Wildman–Crippen LogP) is 3.18. The lowest BCUT2D eigenvalue weighted by Crippen LogP contribution is -2.65. The van der Waals surface area contributed by atoms with Gasteiger partial charge in [-0.1, -0.05) is 48.9 Å². The first-order valence-electron chi connectivity index (χ1n) is 10.5. The molecule has 0 radical (unpaired) electrons. The van der Waals surface area contributed by atoms with Crippen LogP contribution in [0.2, 0.25) is 5.02 Å². The second-order valence-electron chi connectivity index (χ2n) is 8.33. The van der Waals surface area contributed by atoms with Gasteiger partial charge in [-0.3, -0.25) is 9.59 Å². The second-order valence-corrected chi connectivity index (χ2v) is 8.71. The molecule has 1 aliphatic heterocycles. The Morgan fingerprint density at radius 2 is 1.84 bits per heavy atom. The smallest absolute Gasteiger partial charge is 0.232 e. The maximum absolute atomic E-state index is 14.1. The minimum Gasteiger partial charge on any atom is -0.496 e. The van der Waals surface area contributed by atoms with Crippen molar-refractivity contribution in [2.24, 2.45) is 17.6 Å². The molecule has 1 saturated carbocycles. The van der Waals surface area contributed by atoms with Crippen molar-refractivity contribution in [1.29, 1.82) is 0 Å². The SMILES string of the molecule is CNC(c1ccccc1)C1C(=O)[C@@]2(Oc3c(Cl)c(OC)cc(OC)c3C2=O)[C@H](C)CC1N. The van der Waals surface area contributed by atoms with Crippen LogP contribution in [0, 0.1) is 11.8 Å². The molecule has 4 rings (SSSR count). The molecule has 170 valence electrons. The molecular formula is C24H27ClN2O5. The summed E-state index contributed by atoms with van der Waals surface area (Å²) in [5, 5.41) is 3.35. The van der Waals surface area contributed by atoms with Crippen molar-refractivity contribution in [1.82, 2.24) is 5.32 Å². The molecule has 3 N–H and O–H groups in total. The third-order valence-corrected chi connectivity index (χ3v) is 7.06. The fraction of sp³-hybridized carbons (Fsp3) is 0.417. The molecule has 7 nitrogen and oxygen atoms in total. The molecule has 1 spiro atoms. The van der Waals surface area contributed by atoms with Crippen molar-refractivity contribution in [2.45, 2.75) is 31.0 Å². The Bertz CT molecular complexity index is 1060. The number of halogens is 1. The molecule has 0 amide bonds. The molecule has 2 aromatic rings. The highest BCUT2D eigenvalue weighted by Crippen LogP contribution is 2.54. The number of carbonyl (C=O) groups excluding carboxylic acids is 2. The average Bonchev–Trinajstić information content (AvgIpc) is 3.11. The maximum atomic E-state index is 14.1. The molecule has 3 unspecified atom stereocenters. The van der Waals surface area contributed by atoms with E-state index in [4.69, 9.17) is 31.5 Å². The van der Waals surface area contributed by atoms with E-state index in [1.54, 1.807) is 7.05 Å². The minimum absolute atomic E-state index is 0.114. The third-order valence-electron chi connectivity index (χ3n) is 6.70. The van der Waals surface area contributed by atoms with E-state index in [1.165, 1.54) is 20.3 Å².